The molecule has 30 heavy (non-hydrogen) atoms. The Morgan fingerprint density at radius 3 is 2.73 bits per heavy atom. The Kier molecular flexibility index (Phi) is 7.35. The Morgan fingerprint density at radius 2 is 2.03 bits per heavy atom. The van der Waals surface area contributed by atoms with Crippen LogP contribution in [0.4, 0.5) is 10.8 Å². The lowest BCUT2D eigenvalue weighted by Crippen LogP contribution is -2.23. The summed E-state index contributed by atoms with van der Waals surface area (Å²) in [6.45, 7) is 3.63. The maximum Gasteiger partial charge on any atom is 0.239 e. The molecule has 2 heterocycles. The number of hydrogen-bond donors (Lipinski definition) is 2. The minimum Gasteiger partial charge on any atom is -0.324 e. The average molecular weight is 485 g/mol. The molecule has 3 aromatic rings. The number of halogens is 2. The molecule has 0 bridgehead atoms. The van der Waals surface area contributed by atoms with Crippen molar-refractivity contribution in [3.63, 3.8) is 0 Å². The predicted molar refractivity (Wildman–Crippen MR) is 121 cm³/mol. The average Bonchev–Trinajstić information content (AvgIpc) is 3.25. The molecular formula is C18H18Cl2N6O2S2. The summed E-state index contributed by atoms with van der Waals surface area (Å²) in [7, 11) is 1.74. The number of hydrogen-bond acceptors (Lipinski definition) is 7. The van der Waals surface area contributed by atoms with E-state index in [0.717, 1.165) is 5.69 Å². The second kappa shape index (κ2) is 9.78. The number of anilines is 2. The van der Waals surface area contributed by atoms with E-state index in [-0.39, 0.29) is 23.3 Å². The van der Waals surface area contributed by atoms with Gasteiger partial charge in [-0.05, 0) is 26.0 Å². The van der Waals surface area contributed by atoms with E-state index >= 15 is 0 Å². The van der Waals surface area contributed by atoms with Crippen molar-refractivity contribution < 1.29 is 9.59 Å². The van der Waals surface area contributed by atoms with Crippen LogP contribution >= 0.6 is 46.3 Å². The minimum atomic E-state index is -0.427. The van der Waals surface area contributed by atoms with Crippen molar-refractivity contribution in [2.75, 3.05) is 10.6 Å². The van der Waals surface area contributed by atoms with Gasteiger partial charge in [0.25, 0.3) is 0 Å². The smallest absolute Gasteiger partial charge is 0.239 e. The first-order chi connectivity index (χ1) is 14.2. The normalized spacial score (nSPS) is 11.9. The molecule has 158 valence electrons. The van der Waals surface area contributed by atoms with Crippen LogP contribution < -0.4 is 10.6 Å². The highest BCUT2D eigenvalue weighted by Crippen LogP contribution is 2.29. The summed E-state index contributed by atoms with van der Waals surface area (Å²) < 4.78 is 1.68. The first-order valence-electron chi connectivity index (χ1n) is 8.76. The molecule has 1 aromatic carbocycles. The minimum absolute atomic E-state index is 0.00806. The van der Waals surface area contributed by atoms with E-state index in [1.165, 1.54) is 23.1 Å². The maximum absolute atomic E-state index is 12.4. The Bertz CT molecular complexity index is 1080. The van der Waals surface area contributed by atoms with Crippen LogP contribution in [0.3, 0.4) is 0 Å². The monoisotopic (exact) mass is 484 g/mol. The first-order valence-corrected chi connectivity index (χ1v) is 11.3. The lowest BCUT2D eigenvalue weighted by molar-refractivity contribution is -0.116. The van der Waals surface area contributed by atoms with Crippen molar-refractivity contribution >= 4 is 68.9 Å². The summed E-state index contributed by atoms with van der Waals surface area (Å²) in [6.07, 6.45) is -0.00806. The number of rotatable bonds is 7. The third-order valence-corrected chi connectivity index (χ3v) is 6.80. The highest BCUT2D eigenvalue weighted by Gasteiger charge is 2.21. The lowest BCUT2D eigenvalue weighted by Gasteiger charge is -2.10. The molecule has 12 heteroatoms. The third-order valence-electron chi connectivity index (χ3n) is 3.97. The lowest BCUT2D eigenvalue weighted by atomic mass is 10.3. The van der Waals surface area contributed by atoms with Gasteiger partial charge in [0.05, 0.1) is 33.1 Å². The number of carbonyl (C=O) groups excluding carboxylic acids is 2. The van der Waals surface area contributed by atoms with Crippen LogP contribution in [0.2, 0.25) is 10.0 Å². The zero-order valence-corrected chi connectivity index (χ0v) is 19.4. The van der Waals surface area contributed by atoms with E-state index in [0.29, 0.717) is 26.8 Å². The van der Waals surface area contributed by atoms with Gasteiger partial charge < -0.3 is 15.2 Å². The number of carbonyl (C=O) groups is 2. The molecule has 3 rings (SSSR count). The van der Waals surface area contributed by atoms with Gasteiger partial charge >= 0.3 is 0 Å². The highest BCUT2D eigenvalue weighted by atomic mass is 35.5. The number of thiazole rings is 1. The SMILES string of the molecule is Cc1csc(NC(=O)[C@@H](C)Sc2nnc(CC(=O)Nc3cccc(Cl)c3Cl)n2C)n1. The van der Waals surface area contributed by atoms with Crippen molar-refractivity contribution in [3.05, 3.63) is 45.1 Å². The molecule has 0 saturated heterocycles. The Morgan fingerprint density at radius 1 is 1.27 bits per heavy atom. The van der Waals surface area contributed by atoms with Crippen LogP contribution in [0.25, 0.3) is 0 Å². The van der Waals surface area contributed by atoms with Gasteiger partial charge in [0.15, 0.2) is 10.3 Å². The number of aryl methyl sites for hydroxylation is 1. The summed E-state index contributed by atoms with van der Waals surface area (Å²) in [6, 6.07) is 4.99. The molecule has 2 amide bonds. The number of nitrogens with one attached hydrogen (secondary N) is 2. The van der Waals surface area contributed by atoms with Gasteiger partial charge in [0, 0.05) is 12.4 Å². The molecule has 0 spiro atoms. The number of thioether (sulfide) groups is 1. The van der Waals surface area contributed by atoms with Crippen molar-refractivity contribution in [2.24, 2.45) is 7.05 Å². The number of aromatic nitrogens is 4. The van der Waals surface area contributed by atoms with Crippen molar-refractivity contribution in [1.82, 2.24) is 19.7 Å². The van der Waals surface area contributed by atoms with Crippen LogP contribution in [-0.2, 0) is 23.1 Å². The van der Waals surface area contributed by atoms with Crippen molar-refractivity contribution in [1.29, 1.82) is 0 Å². The second-order valence-corrected chi connectivity index (χ2v) is 9.28. The molecule has 0 aliphatic carbocycles. The number of nitrogens with zero attached hydrogens (tertiary/aromatic N) is 4. The fraction of sp³-hybridized carbons (Fsp3) is 0.278. The molecule has 0 saturated carbocycles. The molecule has 0 radical (unpaired) electrons. The van der Waals surface area contributed by atoms with E-state index in [1.54, 1.807) is 36.7 Å². The summed E-state index contributed by atoms with van der Waals surface area (Å²) >= 11 is 14.7. The number of benzene rings is 1. The maximum atomic E-state index is 12.4. The molecule has 2 N–H and O–H groups in total. The van der Waals surface area contributed by atoms with Gasteiger partial charge in [-0.15, -0.1) is 21.5 Å². The van der Waals surface area contributed by atoms with Gasteiger partial charge in [-0.25, -0.2) is 4.98 Å². The Balaban J connectivity index is 1.60. The molecule has 0 aliphatic heterocycles. The number of amides is 2. The van der Waals surface area contributed by atoms with Crippen LogP contribution in [0.15, 0.2) is 28.7 Å². The van der Waals surface area contributed by atoms with Gasteiger partial charge in [-0.3, -0.25) is 9.59 Å². The second-order valence-electron chi connectivity index (χ2n) is 6.33. The van der Waals surface area contributed by atoms with Gasteiger partial charge in [0.1, 0.15) is 5.82 Å². The largest absolute Gasteiger partial charge is 0.324 e. The zero-order chi connectivity index (χ0) is 21.8. The molecule has 2 aromatic heterocycles. The summed E-state index contributed by atoms with van der Waals surface area (Å²) in [5.41, 5.74) is 1.28. The topological polar surface area (TPSA) is 102 Å². The van der Waals surface area contributed by atoms with Crippen LogP contribution in [-0.4, -0.2) is 36.8 Å². The fourth-order valence-corrected chi connectivity index (χ4v) is 4.24. The van der Waals surface area contributed by atoms with Crippen LogP contribution in [0.1, 0.15) is 18.4 Å². The highest BCUT2D eigenvalue weighted by molar-refractivity contribution is 8.00. The predicted octanol–water partition coefficient (Wildman–Crippen LogP) is 4.19. The molecule has 0 fully saturated rings. The molecular weight excluding hydrogens is 467 g/mol. The van der Waals surface area contributed by atoms with Gasteiger partial charge in [0.2, 0.25) is 11.8 Å². The standard InChI is InChI=1S/C18H18Cl2N6O2S2/c1-9-8-29-17(21-9)23-16(28)10(2)30-18-25-24-13(26(18)3)7-14(27)22-12-6-4-5-11(19)15(12)20/h4-6,8,10H,7H2,1-3H3,(H,22,27)(H,21,23,28)/t10-/m1/s1. The van der Waals surface area contributed by atoms with Gasteiger partial charge in [-0.1, -0.05) is 41.0 Å². The van der Waals surface area contributed by atoms with Crippen LogP contribution in [0, 0.1) is 6.92 Å². The van der Waals surface area contributed by atoms with E-state index in [1.807, 2.05) is 12.3 Å². The molecule has 8 nitrogen and oxygen atoms in total. The Labute approximate surface area is 191 Å². The Hall–Kier alpha value is -2.14. The van der Waals surface area contributed by atoms with Crippen molar-refractivity contribution in [3.8, 4) is 0 Å². The van der Waals surface area contributed by atoms with Gasteiger partial charge in [-0.2, -0.15) is 0 Å². The first kappa shape index (κ1) is 22.5. The quantitative estimate of drug-likeness (QED) is 0.487. The molecule has 1 atom stereocenters. The van der Waals surface area contributed by atoms with E-state index in [4.69, 9.17) is 23.2 Å². The summed E-state index contributed by atoms with van der Waals surface area (Å²) in [5.74, 6) is -0.0419. The zero-order valence-electron chi connectivity index (χ0n) is 16.3. The molecule has 0 unspecified atom stereocenters. The summed E-state index contributed by atoms with van der Waals surface area (Å²) in [5, 5.41) is 16.8. The van der Waals surface area contributed by atoms with E-state index < -0.39 is 5.25 Å². The van der Waals surface area contributed by atoms with Crippen LogP contribution in [0.5, 0.6) is 0 Å². The fourth-order valence-electron chi connectivity index (χ4n) is 2.37. The van der Waals surface area contributed by atoms with E-state index in [2.05, 4.69) is 25.8 Å². The molecule has 0 aliphatic rings. The summed E-state index contributed by atoms with van der Waals surface area (Å²) in [4.78, 5) is 29.0. The van der Waals surface area contributed by atoms with Crippen molar-refractivity contribution in [2.45, 2.75) is 30.7 Å². The van der Waals surface area contributed by atoms with E-state index in [9.17, 15) is 9.59 Å². The third kappa shape index (κ3) is 5.51.